The van der Waals surface area contributed by atoms with Gasteiger partial charge in [-0.2, -0.15) is 0 Å². The lowest BCUT2D eigenvalue weighted by Gasteiger charge is -2.21. The van der Waals surface area contributed by atoms with Crippen LogP contribution in [0.25, 0.3) is 10.8 Å². The molecule has 7 nitrogen and oxygen atoms in total. The van der Waals surface area contributed by atoms with Gasteiger partial charge in [0.05, 0.1) is 25.8 Å². The normalized spacial score (nSPS) is 14.1. The quantitative estimate of drug-likeness (QED) is 0.508. The highest BCUT2D eigenvalue weighted by Crippen LogP contribution is 2.35. The third-order valence-electron chi connectivity index (χ3n) is 4.61. The molecule has 0 radical (unpaired) electrons. The molecule has 0 fully saturated rings. The van der Waals surface area contributed by atoms with Crippen molar-refractivity contribution >= 4 is 44.4 Å². The average Bonchev–Trinajstić information content (AvgIpc) is 2.72. The van der Waals surface area contributed by atoms with E-state index in [0.29, 0.717) is 11.3 Å². The number of carbonyl (C=O) groups excluding carboxylic acids is 3. The molecule has 0 saturated heterocycles. The number of rotatable bonds is 7. The van der Waals surface area contributed by atoms with E-state index in [-0.39, 0.29) is 0 Å². The zero-order valence-electron chi connectivity index (χ0n) is 15.9. The number of Topliss-reactive ketones (excluding diaryl/α,β-unsaturated/α-hetero) is 1. The van der Waals surface area contributed by atoms with Crippen molar-refractivity contribution in [3.05, 3.63) is 40.4 Å². The first-order chi connectivity index (χ1) is 13.3. The van der Waals surface area contributed by atoms with E-state index in [4.69, 9.17) is 4.74 Å². The van der Waals surface area contributed by atoms with E-state index < -0.39 is 35.7 Å². The number of aliphatic hydroxyl groups is 1. The van der Waals surface area contributed by atoms with Crippen LogP contribution < -0.4 is 4.74 Å². The number of esters is 2. The molecule has 1 unspecified atom stereocenters. The Bertz CT molecular complexity index is 909. The molecular formula is C20H21BrO7. The number of ketones is 1. The van der Waals surface area contributed by atoms with Crippen LogP contribution >= 0.6 is 15.9 Å². The molecule has 2 rings (SSSR count). The van der Waals surface area contributed by atoms with Crippen molar-refractivity contribution in [3.8, 4) is 5.75 Å². The van der Waals surface area contributed by atoms with Gasteiger partial charge in [-0.05, 0) is 38.3 Å². The highest BCUT2D eigenvalue weighted by molar-refractivity contribution is 9.10. The first-order valence-corrected chi connectivity index (χ1v) is 9.19. The smallest absolute Gasteiger partial charge is 0.336 e. The van der Waals surface area contributed by atoms with Crippen LogP contribution in [-0.2, 0) is 23.9 Å². The van der Waals surface area contributed by atoms with E-state index in [1.807, 2.05) is 12.1 Å². The number of methoxy groups -OCH3 is 3. The Hall–Kier alpha value is -2.45. The second-order valence-electron chi connectivity index (χ2n) is 6.16. The molecule has 0 aromatic heterocycles. The molecule has 0 aliphatic rings. The van der Waals surface area contributed by atoms with Gasteiger partial charge in [-0.3, -0.25) is 9.59 Å². The highest BCUT2D eigenvalue weighted by Gasteiger charge is 2.41. The number of benzene rings is 2. The molecule has 8 heteroatoms. The van der Waals surface area contributed by atoms with Crippen LogP contribution in [0.4, 0.5) is 0 Å². The van der Waals surface area contributed by atoms with E-state index in [0.717, 1.165) is 29.5 Å². The molecule has 2 aromatic rings. The van der Waals surface area contributed by atoms with Crippen molar-refractivity contribution < 1.29 is 33.7 Å². The van der Waals surface area contributed by atoms with Crippen molar-refractivity contribution in [2.75, 3.05) is 21.3 Å². The zero-order valence-corrected chi connectivity index (χ0v) is 17.5. The lowest BCUT2D eigenvalue weighted by molar-refractivity contribution is -0.166. The Morgan fingerprint density at radius 3 is 2.21 bits per heavy atom. The third kappa shape index (κ3) is 4.18. The molecule has 0 bridgehead atoms. The Labute approximate surface area is 170 Å². The molecular weight excluding hydrogens is 432 g/mol. The van der Waals surface area contributed by atoms with Gasteiger partial charge < -0.3 is 19.3 Å². The molecule has 2 aromatic carbocycles. The van der Waals surface area contributed by atoms with Crippen molar-refractivity contribution in [2.45, 2.75) is 18.9 Å². The van der Waals surface area contributed by atoms with Crippen LogP contribution in [0.1, 0.15) is 18.4 Å². The number of halogens is 1. The summed E-state index contributed by atoms with van der Waals surface area (Å²) in [6, 6.07) is 9.02. The molecule has 3 atom stereocenters. The molecule has 0 aliphatic carbocycles. The van der Waals surface area contributed by atoms with Crippen LogP contribution in [0.5, 0.6) is 5.75 Å². The summed E-state index contributed by atoms with van der Waals surface area (Å²) in [5.74, 6) is -4.49. The van der Waals surface area contributed by atoms with Gasteiger partial charge in [0.1, 0.15) is 5.75 Å². The number of carbonyl (C=O) groups is 3. The van der Waals surface area contributed by atoms with Crippen LogP contribution in [0, 0.1) is 5.92 Å². The Morgan fingerprint density at radius 2 is 1.64 bits per heavy atom. The Morgan fingerprint density at radius 1 is 1.00 bits per heavy atom. The zero-order chi connectivity index (χ0) is 21.0. The lowest BCUT2D eigenvalue weighted by Crippen LogP contribution is -2.43. The molecule has 0 heterocycles. The van der Waals surface area contributed by atoms with Gasteiger partial charge in [0.25, 0.3) is 0 Å². The molecule has 150 valence electrons. The number of ether oxygens (including phenoxy) is 3. The largest absolute Gasteiger partial charge is 0.496 e. The molecule has 0 saturated carbocycles. The monoisotopic (exact) mass is 452 g/mol. The maximum Gasteiger partial charge on any atom is 0.336 e. The first-order valence-electron chi connectivity index (χ1n) is 8.40. The van der Waals surface area contributed by atoms with E-state index in [1.54, 1.807) is 32.2 Å². The van der Waals surface area contributed by atoms with Crippen LogP contribution in [0.2, 0.25) is 0 Å². The van der Waals surface area contributed by atoms with Gasteiger partial charge >= 0.3 is 11.9 Å². The third-order valence-corrected chi connectivity index (χ3v) is 5.43. The van der Waals surface area contributed by atoms with Crippen molar-refractivity contribution in [2.24, 2.45) is 5.92 Å². The maximum absolute atomic E-state index is 12.9. The van der Waals surface area contributed by atoms with Gasteiger partial charge in [0.15, 0.2) is 17.8 Å². The Balaban J connectivity index is 2.41. The van der Waals surface area contributed by atoms with Crippen molar-refractivity contribution in [1.82, 2.24) is 0 Å². The molecule has 0 amide bonds. The number of fused-ring (bicyclic) bond motifs is 1. The van der Waals surface area contributed by atoms with E-state index in [1.165, 1.54) is 0 Å². The topological polar surface area (TPSA) is 99.1 Å². The minimum atomic E-state index is -1.94. The van der Waals surface area contributed by atoms with Crippen molar-refractivity contribution in [3.63, 3.8) is 0 Å². The minimum absolute atomic E-state index is 0.625. The van der Waals surface area contributed by atoms with Gasteiger partial charge in [-0.25, -0.2) is 4.79 Å². The summed E-state index contributed by atoms with van der Waals surface area (Å²) < 4.78 is 15.1. The van der Waals surface area contributed by atoms with E-state index in [2.05, 4.69) is 25.4 Å². The maximum atomic E-state index is 12.9. The predicted molar refractivity (Wildman–Crippen MR) is 105 cm³/mol. The fourth-order valence-corrected chi connectivity index (χ4v) is 3.59. The summed E-state index contributed by atoms with van der Waals surface area (Å²) in [5, 5.41) is 11.8. The van der Waals surface area contributed by atoms with Gasteiger partial charge in [-0.1, -0.05) is 31.2 Å². The van der Waals surface area contributed by atoms with Crippen molar-refractivity contribution in [1.29, 1.82) is 0 Å². The fraction of sp³-hybridized carbons (Fsp3) is 0.350. The second-order valence-corrected chi connectivity index (χ2v) is 6.95. The SMILES string of the molecule is COC(=O)[C@H](C(=O)C(C)c1ccc2c(Br)c(OC)ccc2c1)[C@H](O)C(=O)OC. The fourth-order valence-electron chi connectivity index (χ4n) is 2.94. The highest BCUT2D eigenvalue weighted by atomic mass is 79.9. The second kappa shape index (κ2) is 9.16. The summed E-state index contributed by atoms with van der Waals surface area (Å²) in [7, 11) is 3.71. The summed E-state index contributed by atoms with van der Waals surface area (Å²) in [5.41, 5.74) is 0.625. The molecule has 1 N–H and O–H groups in total. The molecule has 0 spiro atoms. The van der Waals surface area contributed by atoms with E-state index >= 15 is 0 Å². The number of hydrogen-bond donors (Lipinski definition) is 1. The standard InChI is InChI=1S/C20H21BrO7/c1-10(17(22)15(19(24)27-3)18(23)20(25)28-4)11-5-7-13-12(9-11)6-8-14(26-2)16(13)21/h5-10,15,18,23H,1-4H3/t10?,15-,18+/m1/s1. The predicted octanol–water partition coefficient (Wildman–Crippen LogP) is 2.61. The van der Waals surface area contributed by atoms with E-state index in [9.17, 15) is 19.5 Å². The summed E-state index contributed by atoms with van der Waals surface area (Å²) in [4.78, 5) is 36.6. The Kier molecular flexibility index (Phi) is 7.15. The lowest BCUT2D eigenvalue weighted by atomic mass is 9.85. The summed E-state index contributed by atoms with van der Waals surface area (Å²) in [6.45, 7) is 1.60. The van der Waals surface area contributed by atoms with Crippen LogP contribution in [0.3, 0.4) is 0 Å². The number of aliphatic hydroxyl groups excluding tert-OH is 1. The number of hydrogen-bond acceptors (Lipinski definition) is 7. The summed E-state index contributed by atoms with van der Waals surface area (Å²) >= 11 is 3.49. The first kappa shape index (κ1) is 21.8. The minimum Gasteiger partial charge on any atom is -0.496 e. The van der Waals surface area contributed by atoms with Gasteiger partial charge in [0, 0.05) is 5.92 Å². The van der Waals surface area contributed by atoms with Gasteiger partial charge in [0.2, 0.25) is 0 Å². The van der Waals surface area contributed by atoms with Crippen LogP contribution in [0.15, 0.2) is 34.8 Å². The molecule has 0 aliphatic heterocycles. The average molecular weight is 453 g/mol. The van der Waals surface area contributed by atoms with Gasteiger partial charge in [-0.15, -0.1) is 0 Å². The summed E-state index contributed by atoms with van der Waals surface area (Å²) in [6.07, 6.45) is -1.94. The van der Waals surface area contributed by atoms with Crippen LogP contribution in [-0.4, -0.2) is 50.3 Å². The molecule has 28 heavy (non-hydrogen) atoms.